The van der Waals surface area contributed by atoms with E-state index < -0.39 is 9.84 Å². The van der Waals surface area contributed by atoms with Gasteiger partial charge in [0.2, 0.25) is 0 Å². The van der Waals surface area contributed by atoms with Gasteiger partial charge in [0.25, 0.3) is 0 Å². The molecule has 0 amide bonds. The van der Waals surface area contributed by atoms with E-state index in [1.165, 1.54) is 0 Å². The fraction of sp³-hybridized carbons (Fsp3) is 0.462. The molecule has 0 heterocycles. The van der Waals surface area contributed by atoms with Crippen molar-refractivity contribution < 1.29 is 13.2 Å². The number of hydrogen-bond acceptors (Lipinski definition) is 3. The van der Waals surface area contributed by atoms with Crippen LogP contribution in [0.4, 0.5) is 0 Å². The molecule has 1 aromatic carbocycles. The summed E-state index contributed by atoms with van der Waals surface area (Å²) in [5.41, 5.74) is 1.44. The van der Waals surface area contributed by atoms with E-state index in [0.29, 0.717) is 17.0 Å². The largest absolute Gasteiger partial charge is 0.294 e. The lowest BCUT2D eigenvalue weighted by atomic mass is 10.0. The first-order chi connectivity index (χ1) is 8.35. The van der Waals surface area contributed by atoms with Gasteiger partial charge < -0.3 is 0 Å². The van der Waals surface area contributed by atoms with Crippen LogP contribution < -0.4 is 0 Å². The second-order valence-electron chi connectivity index (χ2n) is 4.22. The number of sulfone groups is 1. The number of hydrogen-bond donors (Lipinski definition) is 0. The van der Waals surface area contributed by atoms with Gasteiger partial charge in [-0.2, -0.15) is 0 Å². The van der Waals surface area contributed by atoms with Crippen LogP contribution in [0.2, 0.25) is 5.02 Å². The van der Waals surface area contributed by atoms with Gasteiger partial charge in [0.15, 0.2) is 5.78 Å². The molecule has 0 aromatic heterocycles. The van der Waals surface area contributed by atoms with Gasteiger partial charge >= 0.3 is 0 Å². The summed E-state index contributed by atoms with van der Waals surface area (Å²) < 4.78 is 22.6. The number of ketones is 1. The number of carbonyl (C=O) groups excluding carboxylic acids is 1. The summed E-state index contributed by atoms with van der Waals surface area (Å²) in [5.74, 6) is 0.165. The predicted octanol–water partition coefficient (Wildman–Crippen LogP) is 3.05. The zero-order chi connectivity index (χ0) is 13.8. The second kappa shape index (κ2) is 6.34. The van der Waals surface area contributed by atoms with Gasteiger partial charge in [0.1, 0.15) is 9.84 Å². The Morgan fingerprint density at radius 1 is 1.33 bits per heavy atom. The number of benzene rings is 1. The van der Waals surface area contributed by atoms with E-state index in [9.17, 15) is 13.2 Å². The fourth-order valence-corrected chi connectivity index (χ4v) is 2.77. The summed E-state index contributed by atoms with van der Waals surface area (Å²) in [5, 5.41) is 0.595. The van der Waals surface area contributed by atoms with E-state index in [1.54, 1.807) is 25.1 Å². The Bertz CT molecular complexity index is 535. The average Bonchev–Trinajstić information content (AvgIpc) is 2.28. The van der Waals surface area contributed by atoms with Crippen LogP contribution >= 0.6 is 11.6 Å². The highest BCUT2D eigenvalue weighted by Gasteiger charge is 2.12. The third-order valence-corrected chi connectivity index (χ3v) is 4.81. The van der Waals surface area contributed by atoms with E-state index in [2.05, 4.69) is 0 Å². The standard InChI is InChI=1S/C13H17ClO3S/c1-3-18(16,17)8-4-5-13(15)12-7-6-11(14)9-10(12)2/h6-7,9H,3-5,8H2,1-2H3. The molecule has 0 aliphatic heterocycles. The number of aryl methyl sites for hydroxylation is 1. The Morgan fingerprint density at radius 2 is 2.00 bits per heavy atom. The topological polar surface area (TPSA) is 51.2 Å². The smallest absolute Gasteiger partial charge is 0.163 e. The van der Waals surface area contributed by atoms with Crippen molar-refractivity contribution in [2.75, 3.05) is 11.5 Å². The van der Waals surface area contributed by atoms with Crippen molar-refractivity contribution in [3.8, 4) is 0 Å². The molecule has 0 atom stereocenters. The van der Waals surface area contributed by atoms with E-state index in [4.69, 9.17) is 11.6 Å². The van der Waals surface area contributed by atoms with Crippen LogP contribution in [-0.4, -0.2) is 25.7 Å². The zero-order valence-electron chi connectivity index (χ0n) is 10.6. The third kappa shape index (κ3) is 4.42. The summed E-state index contributed by atoms with van der Waals surface area (Å²) in [6, 6.07) is 5.09. The lowest BCUT2D eigenvalue weighted by molar-refractivity contribution is 0.0981. The van der Waals surface area contributed by atoms with Crippen molar-refractivity contribution in [3.63, 3.8) is 0 Å². The molecular formula is C13H17ClO3S. The van der Waals surface area contributed by atoms with Crippen molar-refractivity contribution in [1.29, 1.82) is 0 Å². The normalized spacial score (nSPS) is 11.5. The minimum atomic E-state index is -2.99. The molecular weight excluding hydrogens is 272 g/mol. The summed E-state index contributed by atoms with van der Waals surface area (Å²) in [4.78, 5) is 11.9. The highest BCUT2D eigenvalue weighted by Crippen LogP contribution is 2.17. The Balaban J connectivity index is 2.61. The molecule has 1 rings (SSSR count). The average molecular weight is 289 g/mol. The molecule has 1 aromatic rings. The Morgan fingerprint density at radius 3 is 2.56 bits per heavy atom. The quantitative estimate of drug-likeness (QED) is 0.756. The first-order valence-corrected chi connectivity index (χ1v) is 8.05. The van der Waals surface area contributed by atoms with Gasteiger partial charge in [0, 0.05) is 22.8 Å². The summed E-state index contributed by atoms with van der Waals surface area (Å²) in [6.07, 6.45) is 0.624. The van der Waals surface area contributed by atoms with Crippen molar-refractivity contribution in [2.24, 2.45) is 0 Å². The maximum atomic E-state index is 11.9. The van der Waals surface area contributed by atoms with Crippen molar-refractivity contribution >= 4 is 27.2 Å². The van der Waals surface area contributed by atoms with E-state index in [0.717, 1.165) is 5.56 Å². The molecule has 0 unspecified atom stereocenters. The first kappa shape index (κ1) is 15.2. The van der Waals surface area contributed by atoms with Crippen LogP contribution in [0, 0.1) is 6.92 Å². The fourth-order valence-electron chi connectivity index (χ4n) is 1.67. The first-order valence-electron chi connectivity index (χ1n) is 5.85. The summed E-state index contributed by atoms with van der Waals surface area (Å²) in [6.45, 7) is 3.43. The van der Waals surface area contributed by atoms with Gasteiger partial charge in [-0.25, -0.2) is 8.42 Å². The molecule has 0 radical (unpaired) electrons. The van der Waals surface area contributed by atoms with E-state index in [1.807, 2.05) is 6.92 Å². The third-order valence-electron chi connectivity index (χ3n) is 2.79. The van der Waals surface area contributed by atoms with Crippen LogP contribution in [0.1, 0.15) is 35.7 Å². The minimum absolute atomic E-state index is 0.0320. The van der Waals surface area contributed by atoms with Gasteiger partial charge in [-0.05, 0) is 37.1 Å². The SMILES string of the molecule is CCS(=O)(=O)CCCC(=O)c1ccc(Cl)cc1C. The van der Waals surface area contributed by atoms with Crippen LogP contribution in [0.3, 0.4) is 0 Å². The maximum Gasteiger partial charge on any atom is 0.163 e. The molecule has 18 heavy (non-hydrogen) atoms. The molecule has 5 heteroatoms. The zero-order valence-corrected chi connectivity index (χ0v) is 12.1. The van der Waals surface area contributed by atoms with Crippen molar-refractivity contribution in [3.05, 3.63) is 34.3 Å². The molecule has 0 N–H and O–H groups in total. The van der Waals surface area contributed by atoms with Crippen LogP contribution in [0.25, 0.3) is 0 Å². The molecule has 0 bridgehead atoms. The second-order valence-corrected chi connectivity index (χ2v) is 7.13. The molecule has 0 aliphatic rings. The number of carbonyl (C=O) groups is 1. The maximum absolute atomic E-state index is 11.9. The summed E-state index contributed by atoms with van der Waals surface area (Å²) in [7, 11) is -2.99. The lowest BCUT2D eigenvalue weighted by Crippen LogP contribution is -2.11. The number of rotatable bonds is 6. The predicted molar refractivity (Wildman–Crippen MR) is 74.1 cm³/mol. The van der Waals surface area contributed by atoms with Crippen LogP contribution in [-0.2, 0) is 9.84 Å². The number of Topliss-reactive ketones (excluding diaryl/α,β-unsaturated/α-hetero) is 1. The van der Waals surface area contributed by atoms with Gasteiger partial charge in [-0.3, -0.25) is 4.79 Å². The van der Waals surface area contributed by atoms with Crippen molar-refractivity contribution in [1.82, 2.24) is 0 Å². The Kier molecular flexibility index (Phi) is 5.35. The highest BCUT2D eigenvalue weighted by atomic mass is 35.5. The molecule has 3 nitrogen and oxygen atoms in total. The van der Waals surface area contributed by atoms with Crippen molar-refractivity contribution in [2.45, 2.75) is 26.7 Å². The number of halogens is 1. The van der Waals surface area contributed by atoms with E-state index >= 15 is 0 Å². The molecule has 0 spiro atoms. The molecule has 100 valence electrons. The molecule has 0 fully saturated rings. The van der Waals surface area contributed by atoms with E-state index in [-0.39, 0.29) is 23.7 Å². The monoisotopic (exact) mass is 288 g/mol. The Hall–Kier alpha value is -0.870. The molecule has 0 saturated carbocycles. The van der Waals surface area contributed by atoms with Gasteiger partial charge in [-0.1, -0.05) is 18.5 Å². The Labute approximate surface area is 113 Å². The van der Waals surface area contributed by atoms with Crippen LogP contribution in [0.15, 0.2) is 18.2 Å². The van der Waals surface area contributed by atoms with Gasteiger partial charge in [-0.15, -0.1) is 0 Å². The molecule has 0 aliphatic carbocycles. The molecule has 0 saturated heterocycles. The minimum Gasteiger partial charge on any atom is -0.294 e. The summed E-state index contributed by atoms with van der Waals surface area (Å²) >= 11 is 5.81. The lowest BCUT2D eigenvalue weighted by Gasteiger charge is -2.05. The van der Waals surface area contributed by atoms with Gasteiger partial charge in [0.05, 0.1) is 5.75 Å². The highest BCUT2D eigenvalue weighted by molar-refractivity contribution is 7.91. The van der Waals surface area contributed by atoms with Crippen LogP contribution in [0.5, 0.6) is 0 Å².